The lowest BCUT2D eigenvalue weighted by atomic mass is 10.1. The first-order chi connectivity index (χ1) is 16.1. The first kappa shape index (κ1) is 21.4. The lowest BCUT2D eigenvalue weighted by Gasteiger charge is -2.14. The van der Waals surface area contributed by atoms with Gasteiger partial charge in [0.15, 0.2) is 0 Å². The number of carbonyl (C=O) groups is 1. The molecule has 0 spiro atoms. The van der Waals surface area contributed by atoms with Crippen molar-refractivity contribution in [1.82, 2.24) is 14.7 Å². The number of amides is 1. The molecule has 4 nitrogen and oxygen atoms in total. The van der Waals surface area contributed by atoms with Crippen LogP contribution in [0.5, 0.6) is 0 Å². The molecule has 2 heterocycles. The molecule has 4 aromatic rings. The van der Waals surface area contributed by atoms with Gasteiger partial charge >= 0.3 is 0 Å². The zero-order chi connectivity index (χ0) is 22.8. The molecule has 0 radical (unpaired) electrons. The molecular formula is C27H21N3OS2. The predicted molar refractivity (Wildman–Crippen MR) is 139 cm³/mol. The molecule has 33 heavy (non-hydrogen) atoms. The van der Waals surface area contributed by atoms with Gasteiger partial charge in [0, 0.05) is 17.3 Å². The van der Waals surface area contributed by atoms with Gasteiger partial charge in [0.05, 0.1) is 22.8 Å². The largest absolute Gasteiger partial charge is 0.288 e. The molecule has 0 N–H and O–H groups in total. The number of aryl methyl sites for hydroxylation is 1. The molecule has 1 saturated heterocycles. The number of rotatable bonds is 5. The Balaban J connectivity index is 1.50. The van der Waals surface area contributed by atoms with E-state index in [9.17, 15) is 4.79 Å². The Labute approximate surface area is 202 Å². The Kier molecular flexibility index (Phi) is 5.94. The zero-order valence-electron chi connectivity index (χ0n) is 18.0. The summed E-state index contributed by atoms with van der Waals surface area (Å²) in [6, 6.07) is 28.1. The summed E-state index contributed by atoms with van der Waals surface area (Å²) >= 11 is 6.89. The maximum atomic E-state index is 13.2. The molecule has 1 aliphatic rings. The van der Waals surface area contributed by atoms with Gasteiger partial charge in [-0.3, -0.25) is 9.69 Å². The van der Waals surface area contributed by atoms with Crippen LogP contribution in [-0.2, 0) is 11.3 Å². The Morgan fingerprint density at radius 2 is 1.61 bits per heavy atom. The van der Waals surface area contributed by atoms with Crippen molar-refractivity contribution in [1.29, 1.82) is 0 Å². The van der Waals surface area contributed by atoms with Crippen molar-refractivity contribution in [3.05, 3.63) is 113 Å². The second kappa shape index (κ2) is 9.17. The van der Waals surface area contributed by atoms with Crippen LogP contribution in [0.3, 0.4) is 0 Å². The van der Waals surface area contributed by atoms with Crippen molar-refractivity contribution in [2.75, 3.05) is 0 Å². The number of nitrogens with zero attached hydrogens (tertiary/aromatic N) is 3. The molecule has 1 aromatic heterocycles. The lowest BCUT2D eigenvalue weighted by molar-refractivity contribution is -0.122. The third-order valence-electron chi connectivity index (χ3n) is 5.43. The number of benzene rings is 3. The van der Waals surface area contributed by atoms with E-state index in [-0.39, 0.29) is 5.91 Å². The van der Waals surface area contributed by atoms with Gasteiger partial charge in [0.1, 0.15) is 4.32 Å². The number of hydrogen-bond acceptors (Lipinski definition) is 4. The fraction of sp³-hybridized carbons (Fsp3) is 0.0741. The quantitative estimate of drug-likeness (QED) is 0.257. The van der Waals surface area contributed by atoms with Crippen LogP contribution in [0.1, 0.15) is 16.7 Å². The van der Waals surface area contributed by atoms with Gasteiger partial charge in [0.25, 0.3) is 5.91 Å². The number of para-hydroxylation sites is 1. The molecule has 0 unspecified atom stereocenters. The van der Waals surface area contributed by atoms with E-state index in [1.807, 2.05) is 109 Å². The number of thioether (sulfide) groups is 1. The number of thiocarbonyl (C=S) groups is 1. The standard InChI is InChI=1S/C27H21N3OS2/c1-19-12-14-20(15-13-19)17-29-26(31)24(33-27(29)32)16-22-18-30(23-10-6-3-7-11-23)28-25(22)21-8-4-2-5-9-21/h2-16,18H,17H2,1H3/b24-16-. The fourth-order valence-electron chi connectivity index (χ4n) is 3.68. The maximum Gasteiger partial charge on any atom is 0.266 e. The summed E-state index contributed by atoms with van der Waals surface area (Å²) in [7, 11) is 0. The summed E-state index contributed by atoms with van der Waals surface area (Å²) in [6.07, 6.45) is 3.87. The summed E-state index contributed by atoms with van der Waals surface area (Å²) in [5, 5.41) is 4.84. The second-order valence-corrected chi connectivity index (χ2v) is 9.51. The highest BCUT2D eigenvalue weighted by molar-refractivity contribution is 8.26. The minimum absolute atomic E-state index is 0.0722. The van der Waals surface area contributed by atoms with E-state index in [2.05, 4.69) is 0 Å². The van der Waals surface area contributed by atoms with Crippen molar-refractivity contribution in [3.8, 4) is 16.9 Å². The lowest BCUT2D eigenvalue weighted by Crippen LogP contribution is -2.27. The minimum atomic E-state index is -0.0722. The highest BCUT2D eigenvalue weighted by Gasteiger charge is 2.32. The van der Waals surface area contributed by atoms with Crippen LogP contribution in [0.2, 0.25) is 0 Å². The van der Waals surface area contributed by atoms with Gasteiger partial charge in [0.2, 0.25) is 0 Å². The topological polar surface area (TPSA) is 38.1 Å². The molecule has 0 bridgehead atoms. The van der Waals surface area contributed by atoms with Crippen molar-refractivity contribution in [2.45, 2.75) is 13.5 Å². The van der Waals surface area contributed by atoms with Crippen LogP contribution < -0.4 is 0 Å². The highest BCUT2D eigenvalue weighted by Crippen LogP contribution is 2.35. The van der Waals surface area contributed by atoms with Crippen molar-refractivity contribution >= 4 is 40.3 Å². The summed E-state index contributed by atoms with van der Waals surface area (Å²) in [4.78, 5) is 15.5. The number of aromatic nitrogens is 2. The molecule has 6 heteroatoms. The van der Waals surface area contributed by atoms with Gasteiger partial charge < -0.3 is 0 Å². The molecule has 0 aliphatic carbocycles. The molecule has 5 rings (SSSR count). The van der Waals surface area contributed by atoms with Gasteiger partial charge in [-0.05, 0) is 30.7 Å². The molecule has 162 valence electrons. The summed E-state index contributed by atoms with van der Waals surface area (Å²) in [6.45, 7) is 2.52. The first-order valence-electron chi connectivity index (χ1n) is 10.6. The van der Waals surface area contributed by atoms with Gasteiger partial charge in [-0.2, -0.15) is 5.10 Å². The van der Waals surface area contributed by atoms with Crippen LogP contribution in [0.4, 0.5) is 0 Å². The SMILES string of the molecule is Cc1ccc(CN2C(=O)/C(=C/c3cn(-c4ccccc4)nc3-c3ccccc3)SC2=S)cc1. The fourth-order valence-corrected chi connectivity index (χ4v) is 4.93. The van der Waals surface area contributed by atoms with E-state index in [4.69, 9.17) is 17.3 Å². The van der Waals surface area contributed by atoms with Crippen molar-refractivity contribution in [2.24, 2.45) is 0 Å². The van der Waals surface area contributed by atoms with E-state index >= 15 is 0 Å². The third kappa shape index (κ3) is 4.53. The Bertz CT molecular complexity index is 1340. The van der Waals surface area contributed by atoms with Crippen LogP contribution >= 0.6 is 24.0 Å². The molecule has 0 atom stereocenters. The average molecular weight is 468 g/mol. The predicted octanol–water partition coefficient (Wildman–Crippen LogP) is 6.25. The summed E-state index contributed by atoms with van der Waals surface area (Å²) in [5.74, 6) is -0.0722. The second-order valence-electron chi connectivity index (χ2n) is 7.83. The van der Waals surface area contributed by atoms with E-state index < -0.39 is 0 Å². The van der Waals surface area contributed by atoms with E-state index in [1.54, 1.807) is 4.90 Å². The van der Waals surface area contributed by atoms with E-state index in [0.29, 0.717) is 15.8 Å². The van der Waals surface area contributed by atoms with Crippen LogP contribution in [0.15, 0.2) is 96.0 Å². The van der Waals surface area contributed by atoms with Crippen molar-refractivity contribution in [3.63, 3.8) is 0 Å². The Hall–Kier alpha value is -3.48. The smallest absolute Gasteiger partial charge is 0.266 e. The third-order valence-corrected chi connectivity index (χ3v) is 6.81. The average Bonchev–Trinajstić information content (AvgIpc) is 3.38. The normalized spacial score (nSPS) is 14.9. The maximum absolute atomic E-state index is 13.2. The molecule has 1 fully saturated rings. The summed E-state index contributed by atoms with van der Waals surface area (Å²) < 4.78 is 2.42. The molecule has 0 saturated carbocycles. The van der Waals surface area contributed by atoms with Crippen LogP contribution in [-0.4, -0.2) is 24.9 Å². The van der Waals surface area contributed by atoms with E-state index in [1.165, 1.54) is 17.3 Å². The number of carbonyl (C=O) groups excluding carboxylic acids is 1. The van der Waals surface area contributed by atoms with Crippen LogP contribution in [0.25, 0.3) is 23.0 Å². The van der Waals surface area contributed by atoms with Gasteiger partial charge in [-0.15, -0.1) is 0 Å². The van der Waals surface area contributed by atoms with Crippen molar-refractivity contribution < 1.29 is 4.79 Å². The molecule has 1 amide bonds. The van der Waals surface area contributed by atoms with Crippen LogP contribution in [0, 0.1) is 6.92 Å². The zero-order valence-corrected chi connectivity index (χ0v) is 19.6. The molecular weight excluding hydrogens is 446 g/mol. The highest BCUT2D eigenvalue weighted by atomic mass is 32.2. The summed E-state index contributed by atoms with van der Waals surface area (Å²) in [5.41, 5.74) is 5.90. The Morgan fingerprint density at radius 1 is 0.939 bits per heavy atom. The first-order valence-corrected chi connectivity index (χ1v) is 11.8. The molecule has 1 aliphatic heterocycles. The van der Waals surface area contributed by atoms with Gasteiger partial charge in [-0.1, -0.05) is 102 Å². The van der Waals surface area contributed by atoms with E-state index in [0.717, 1.165) is 28.1 Å². The number of hydrogen-bond donors (Lipinski definition) is 0. The van der Waals surface area contributed by atoms with Gasteiger partial charge in [-0.25, -0.2) is 4.68 Å². The monoisotopic (exact) mass is 467 g/mol. The Morgan fingerprint density at radius 3 is 2.30 bits per heavy atom. The molecule has 3 aromatic carbocycles. The minimum Gasteiger partial charge on any atom is -0.288 e.